The summed E-state index contributed by atoms with van der Waals surface area (Å²) in [5, 5.41) is 0. The maximum atomic E-state index is 12.6. The lowest BCUT2D eigenvalue weighted by Gasteiger charge is -2.19. The minimum absolute atomic E-state index is 0.0770. The van der Waals surface area contributed by atoms with Gasteiger partial charge in [-0.05, 0) is 49.2 Å². The van der Waals surface area contributed by atoms with Crippen molar-refractivity contribution in [3.8, 4) is 5.75 Å². The zero-order chi connectivity index (χ0) is 18.0. The van der Waals surface area contributed by atoms with E-state index >= 15 is 0 Å². The van der Waals surface area contributed by atoms with E-state index in [4.69, 9.17) is 4.74 Å². The molecular formula is C18H20N2O4S. The van der Waals surface area contributed by atoms with E-state index in [1.54, 1.807) is 41.3 Å². The third-order valence-electron chi connectivity index (χ3n) is 4.16. The fourth-order valence-electron chi connectivity index (χ4n) is 2.90. The van der Waals surface area contributed by atoms with Crippen molar-refractivity contribution in [1.29, 1.82) is 0 Å². The molecule has 1 fully saturated rings. The summed E-state index contributed by atoms with van der Waals surface area (Å²) in [6.07, 6.45) is 1.37. The van der Waals surface area contributed by atoms with Crippen LogP contribution in [0.5, 0.6) is 5.75 Å². The van der Waals surface area contributed by atoms with Gasteiger partial charge in [-0.2, -0.15) is 0 Å². The highest BCUT2D eigenvalue weighted by Gasteiger charge is 2.24. The van der Waals surface area contributed by atoms with Gasteiger partial charge in [0.05, 0.1) is 17.7 Å². The number of rotatable bonds is 5. The molecular weight excluding hydrogens is 340 g/mol. The SMILES string of the molecule is COc1cccc(NS(=O)(=O)c2ccc(N3CCCC3=O)c(C)c2)c1. The van der Waals surface area contributed by atoms with Gasteiger partial charge in [0.1, 0.15) is 5.75 Å². The van der Waals surface area contributed by atoms with Gasteiger partial charge < -0.3 is 9.64 Å². The highest BCUT2D eigenvalue weighted by Crippen LogP contribution is 2.28. The normalized spacial score (nSPS) is 14.6. The van der Waals surface area contributed by atoms with Gasteiger partial charge in [0.2, 0.25) is 5.91 Å². The molecule has 132 valence electrons. The molecule has 7 heteroatoms. The number of benzene rings is 2. The van der Waals surface area contributed by atoms with Crippen LogP contribution in [0.2, 0.25) is 0 Å². The van der Waals surface area contributed by atoms with Crippen LogP contribution in [-0.2, 0) is 14.8 Å². The lowest BCUT2D eigenvalue weighted by molar-refractivity contribution is -0.117. The van der Waals surface area contributed by atoms with Crippen LogP contribution in [0.4, 0.5) is 11.4 Å². The van der Waals surface area contributed by atoms with E-state index in [0.29, 0.717) is 24.4 Å². The Kier molecular flexibility index (Phi) is 4.67. The molecule has 0 saturated carbocycles. The molecule has 3 rings (SSSR count). The lowest BCUT2D eigenvalue weighted by atomic mass is 10.2. The van der Waals surface area contributed by atoms with Gasteiger partial charge >= 0.3 is 0 Å². The number of carbonyl (C=O) groups is 1. The van der Waals surface area contributed by atoms with Gasteiger partial charge in [0.15, 0.2) is 0 Å². The quantitative estimate of drug-likeness (QED) is 0.889. The molecule has 0 spiro atoms. The second-order valence-electron chi connectivity index (χ2n) is 5.93. The molecule has 1 aliphatic heterocycles. The number of nitrogens with one attached hydrogen (secondary N) is 1. The minimum atomic E-state index is -3.72. The first-order valence-corrected chi connectivity index (χ1v) is 9.47. The van der Waals surface area contributed by atoms with Gasteiger partial charge in [-0.15, -0.1) is 0 Å². The minimum Gasteiger partial charge on any atom is -0.497 e. The van der Waals surface area contributed by atoms with Crippen LogP contribution in [0, 0.1) is 6.92 Å². The first-order chi connectivity index (χ1) is 11.9. The summed E-state index contributed by atoms with van der Waals surface area (Å²) < 4.78 is 32.9. The number of carbonyl (C=O) groups excluding carboxylic acids is 1. The Hall–Kier alpha value is -2.54. The largest absolute Gasteiger partial charge is 0.497 e. The number of aryl methyl sites for hydroxylation is 1. The predicted molar refractivity (Wildman–Crippen MR) is 96.6 cm³/mol. The topological polar surface area (TPSA) is 75.7 Å². The van der Waals surface area contributed by atoms with Crippen LogP contribution in [0.3, 0.4) is 0 Å². The van der Waals surface area contributed by atoms with Crippen LogP contribution < -0.4 is 14.4 Å². The van der Waals surface area contributed by atoms with Crippen LogP contribution >= 0.6 is 0 Å². The molecule has 6 nitrogen and oxygen atoms in total. The second kappa shape index (κ2) is 6.76. The molecule has 0 aliphatic carbocycles. The number of methoxy groups -OCH3 is 1. The van der Waals surface area contributed by atoms with Gasteiger partial charge in [-0.3, -0.25) is 9.52 Å². The molecule has 1 N–H and O–H groups in total. The van der Waals surface area contributed by atoms with E-state index < -0.39 is 10.0 Å². The molecule has 25 heavy (non-hydrogen) atoms. The molecule has 0 radical (unpaired) electrons. The summed E-state index contributed by atoms with van der Waals surface area (Å²) in [6, 6.07) is 11.5. The number of sulfonamides is 1. The number of hydrogen-bond acceptors (Lipinski definition) is 4. The monoisotopic (exact) mass is 360 g/mol. The zero-order valence-electron chi connectivity index (χ0n) is 14.2. The summed E-state index contributed by atoms with van der Waals surface area (Å²) in [6.45, 7) is 2.49. The highest BCUT2D eigenvalue weighted by molar-refractivity contribution is 7.92. The second-order valence-corrected chi connectivity index (χ2v) is 7.62. The Balaban J connectivity index is 1.87. The van der Waals surface area contributed by atoms with E-state index in [1.807, 2.05) is 6.92 Å². The number of nitrogens with zero attached hydrogens (tertiary/aromatic N) is 1. The maximum Gasteiger partial charge on any atom is 0.261 e. The first-order valence-electron chi connectivity index (χ1n) is 7.98. The average molecular weight is 360 g/mol. The van der Waals surface area contributed by atoms with E-state index in [2.05, 4.69) is 4.72 Å². The summed E-state index contributed by atoms with van der Waals surface area (Å²) >= 11 is 0. The van der Waals surface area contributed by atoms with E-state index in [-0.39, 0.29) is 10.8 Å². The fraction of sp³-hybridized carbons (Fsp3) is 0.278. The van der Waals surface area contributed by atoms with Crippen molar-refractivity contribution in [1.82, 2.24) is 0 Å². The molecule has 2 aromatic carbocycles. The van der Waals surface area contributed by atoms with E-state index in [0.717, 1.165) is 17.7 Å². The smallest absolute Gasteiger partial charge is 0.261 e. The van der Waals surface area contributed by atoms with Crippen molar-refractivity contribution in [3.63, 3.8) is 0 Å². The van der Waals surface area contributed by atoms with Gasteiger partial charge in [0, 0.05) is 24.7 Å². The lowest BCUT2D eigenvalue weighted by Crippen LogP contribution is -2.24. The molecule has 1 saturated heterocycles. The molecule has 1 aliphatic rings. The summed E-state index contributed by atoms with van der Waals surface area (Å²) in [5.41, 5.74) is 1.95. The number of anilines is 2. The van der Waals surface area contributed by atoms with Gasteiger partial charge in [-0.25, -0.2) is 8.42 Å². The van der Waals surface area contributed by atoms with Crippen molar-refractivity contribution in [2.45, 2.75) is 24.7 Å². The van der Waals surface area contributed by atoms with Gasteiger partial charge in [-0.1, -0.05) is 6.07 Å². The van der Waals surface area contributed by atoms with E-state index in [9.17, 15) is 13.2 Å². The zero-order valence-corrected chi connectivity index (χ0v) is 15.0. The number of ether oxygens (including phenoxy) is 1. The molecule has 0 atom stereocenters. The van der Waals surface area contributed by atoms with Crippen molar-refractivity contribution in [3.05, 3.63) is 48.0 Å². The van der Waals surface area contributed by atoms with Crippen molar-refractivity contribution in [2.24, 2.45) is 0 Å². The standard InChI is InChI=1S/C18H20N2O4S/c1-13-11-16(8-9-17(13)20-10-4-7-18(20)21)25(22,23)19-14-5-3-6-15(12-14)24-2/h3,5-6,8-9,11-12,19H,4,7,10H2,1-2H3. The molecule has 0 aromatic heterocycles. The molecule has 1 amide bonds. The van der Waals surface area contributed by atoms with Crippen molar-refractivity contribution in [2.75, 3.05) is 23.3 Å². The maximum absolute atomic E-state index is 12.6. The first kappa shape index (κ1) is 17.3. The third-order valence-corrected chi connectivity index (χ3v) is 5.54. The Bertz CT molecular complexity index is 909. The third kappa shape index (κ3) is 3.61. The Morgan fingerprint density at radius 2 is 1.96 bits per heavy atom. The molecule has 0 bridgehead atoms. The summed E-state index contributed by atoms with van der Waals surface area (Å²) in [4.78, 5) is 13.8. The highest BCUT2D eigenvalue weighted by atomic mass is 32.2. The Labute approximate surface area is 147 Å². The van der Waals surface area contributed by atoms with Crippen molar-refractivity contribution < 1.29 is 17.9 Å². The van der Waals surface area contributed by atoms with Crippen LogP contribution in [-0.4, -0.2) is 28.0 Å². The molecule has 2 aromatic rings. The molecule has 0 unspecified atom stereocenters. The van der Waals surface area contributed by atoms with Crippen molar-refractivity contribution >= 4 is 27.3 Å². The van der Waals surface area contributed by atoms with Crippen LogP contribution in [0.15, 0.2) is 47.4 Å². The predicted octanol–water partition coefficient (Wildman–Crippen LogP) is 2.93. The Morgan fingerprint density at radius 3 is 2.60 bits per heavy atom. The summed E-state index contributed by atoms with van der Waals surface area (Å²) in [7, 11) is -2.20. The number of amides is 1. The average Bonchev–Trinajstić information content (AvgIpc) is 3.00. The fourth-order valence-corrected chi connectivity index (χ4v) is 4.04. The van der Waals surface area contributed by atoms with Gasteiger partial charge in [0.25, 0.3) is 10.0 Å². The van der Waals surface area contributed by atoms with E-state index in [1.165, 1.54) is 13.2 Å². The molecule has 1 heterocycles. The Morgan fingerprint density at radius 1 is 1.16 bits per heavy atom. The van der Waals surface area contributed by atoms with Crippen LogP contribution in [0.1, 0.15) is 18.4 Å². The van der Waals surface area contributed by atoms with Crippen LogP contribution in [0.25, 0.3) is 0 Å². The number of hydrogen-bond donors (Lipinski definition) is 1. The summed E-state index contributed by atoms with van der Waals surface area (Å²) in [5.74, 6) is 0.646.